The lowest BCUT2D eigenvalue weighted by Gasteiger charge is -2.23. The Balaban J connectivity index is 2.25. The maximum atomic E-state index is 14.7. The van der Waals surface area contributed by atoms with Crippen LogP contribution >= 0.6 is 23.2 Å². The second-order valence-electron chi connectivity index (χ2n) is 5.96. The molecule has 0 fully saturated rings. The van der Waals surface area contributed by atoms with Crippen LogP contribution in [-0.4, -0.2) is 40.7 Å². The van der Waals surface area contributed by atoms with Crippen molar-refractivity contribution in [2.75, 3.05) is 23.8 Å². The molecular formula is C17H19Cl2FN4O3. The fraction of sp³-hybridized carbons (Fsp3) is 0.353. The maximum Gasteiger partial charge on any atom is 0.305 e. The monoisotopic (exact) mass is 416 g/mol. The summed E-state index contributed by atoms with van der Waals surface area (Å²) in [6.45, 7) is 3.99. The average molecular weight is 417 g/mol. The van der Waals surface area contributed by atoms with Crippen LogP contribution in [0.2, 0.25) is 10.0 Å². The molecule has 0 radical (unpaired) electrons. The summed E-state index contributed by atoms with van der Waals surface area (Å²) in [4.78, 5) is 20.0. The highest BCUT2D eigenvalue weighted by atomic mass is 35.5. The molecule has 0 bridgehead atoms. The van der Waals surface area contributed by atoms with Crippen molar-refractivity contribution in [1.29, 1.82) is 0 Å². The summed E-state index contributed by atoms with van der Waals surface area (Å²) in [7, 11) is 1.71. The van der Waals surface area contributed by atoms with Crippen molar-refractivity contribution in [1.82, 2.24) is 9.97 Å². The van der Waals surface area contributed by atoms with Gasteiger partial charge in [-0.25, -0.2) is 4.98 Å². The third-order valence-electron chi connectivity index (χ3n) is 3.71. The molecule has 2 aromatic rings. The molecule has 0 aliphatic heterocycles. The molecular weight excluding hydrogens is 398 g/mol. The number of carboxylic acid groups (broad SMARTS) is 1. The van der Waals surface area contributed by atoms with E-state index in [0.717, 1.165) is 0 Å². The Bertz CT molecular complexity index is 813. The summed E-state index contributed by atoms with van der Waals surface area (Å²) in [6, 6.07) is 3.03. The normalized spacial score (nSPS) is 10.8. The topological polar surface area (TPSA) is 87.6 Å². The first kappa shape index (κ1) is 21.0. The van der Waals surface area contributed by atoms with E-state index in [9.17, 15) is 9.18 Å². The molecule has 10 heteroatoms. The third kappa shape index (κ3) is 5.33. The van der Waals surface area contributed by atoms with Gasteiger partial charge in [-0.15, -0.1) is 0 Å². The number of benzene rings is 1. The fourth-order valence-corrected chi connectivity index (χ4v) is 2.64. The zero-order valence-corrected chi connectivity index (χ0v) is 16.5. The maximum absolute atomic E-state index is 14.7. The van der Waals surface area contributed by atoms with Crippen molar-refractivity contribution >= 4 is 40.7 Å². The number of hydrogen-bond donors (Lipinski definition) is 2. The number of anilines is 2. The molecule has 1 aromatic carbocycles. The Labute approximate surface area is 166 Å². The second-order valence-corrected chi connectivity index (χ2v) is 6.78. The van der Waals surface area contributed by atoms with Gasteiger partial charge in [0.15, 0.2) is 11.6 Å². The molecule has 2 rings (SSSR count). The number of nitrogens with one attached hydrogen (secondary N) is 1. The van der Waals surface area contributed by atoms with E-state index < -0.39 is 11.8 Å². The van der Waals surface area contributed by atoms with Crippen LogP contribution in [0.5, 0.6) is 11.6 Å². The fourth-order valence-electron chi connectivity index (χ4n) is 2.08. The highest BCUT2D eigenvalue weighted by molar-refractivity contribution is 6.37. The SMILES string of the molecule is CC(C)N(C)c1ncnc(Oc2c(Cl)cc(NCCC(=O)O)cc2Cl)c1F. The lowest BCUT2D eigenvalue weighted by Crippen LogP contribution is -2.27. The molecule has 7 nitrogen and oxygen atoms in total. The highest BCUT2D eigenvalue weighted by Gasteiger charge is 2.20. The molecule has 1 heterocycles. The van der Waals surface area contributed by atoms with Crippen molar-refractivity contribution in [3.8, 4) is 11.6 Å². The number of ether oxygens (including phenoxy) is 1. The first-order valence-corrected chi connectivity index (χ1v) is 8.82. The van der Waals surface area contributed by atoms with Crippen LogP contribution in [0.15, 0.2) is 18.5 Å². The first-order chi connectivity index (χ1) is 12.7. The van der Waals surface area contributed by atoms with Gasteiger partial charge in [0.05, 0.1) is 16.5 Å². The van der Waals surface area contributed by atoms with Crippen molar-refractivity contribution in [2.45, 2.75) is 26.3 Å². The molecule has 0 amide bonds. The Hall–Kier alpha value is -2.32. The van der Waals surface area contributed by atoms with E-state index in [0.29, 0.717) is 5.69 Å². The summed E-state index contributed by atoms with van der Waals surface area (Å²) in [5, 5.41) is 11.8. The van der Waals surface area contributed by atoms with Gasteiger partial charge in [0.2, 0.25) is 5.82 Å². The molecule has 0 saturated carbocycles. The predicted molar refractivity (Wildman–Crippen MR) is 103 cm³/mol. The molecule has 27 heavy (non-hydrogen) atoms. The van der Waals surface area contributed by atoms with E-state index in [2.05, 4.69) is 15.3 Å². The summed E-state index contributed by atoms with van der Waals surface area (Å²) in [5.74, 6) is -1.83. The standard InChI is InChI=1S/C17H19Cl2FN4O3/c1-9(2)24(3)16-14(20)17(23-8-22-16)27-15-11(18)6-10(7-12(15)19)21-5-4-13(25)26/h6-9,21H,4-5H2,1-3H3,(H,25,26). The van der Waals surface area contributed by atoms with Crippen LogP contribution in [0.1, 0.15) is 20.3 Å². The third-order valence-corrected chi connectivity index (χ3v) is 4.27. The van der Waals surface area contributed by atoms with Gasteiger partial charge in [-0.3, -0.25) is 4.79 Å². The minimum atomic E-state index is -0.930. The quantitative estimate of drug-likeness (QED) is 0.656. The average Bonchev–Trinajstić information content (AvgIpc) is 2.58. The van der Waals surface area contributed by atoms with Gasteiger partial charge in [-0.2, -0.15) is 9.37 Å². The van der Waals surface area contributed by atoms with Crippen molar-refractivity contribution in [3.05, 3.63) is 34.3 Å². The highest BCUT2D eigenvalue weighted by Crippen LogP contribution is 2.39. The van der Waals surface area contributed by atoms with Crippen LogP contribution in [-0.2, 0) is 4.79 Å². The second kappa shape index (κ2) is 9.05. The number of carbonyl (C=O) groups is 1. The van der Waals surface area contributed by atoms with Crippen molar-refractivity contribution < 1.29 is 19.0 Å². The number of carboxylic acids is 1. The Morgan fingerprint density at radius 2 is 1.96 bits per heavy atom. The van der Waals surface area contributed by atoms with Gasteiger partial charge in [0, 0.05) is 25.3 Å². The van der Waals surface area contributed by atoms with Gasteiger partial charge in [0.1, 0.15) is 6.33 Å². The predicted octanol–water partition coefficient (Wildman–Crippen LogP) is 4.45. The molecule has 146 valence electrons. The van der Waals surface area contributed by atoms with Crippen LogP contribution in [0.4, 0.5) is 15.9 Å². The largest absolute Gasteiger partial charge is 0.481 e. The zero-order valence-electron chi connectivity index (χ0n) is 15.0. The molecule has 0 atom stereocenters. The molecule has 0 unspecified atom stereocenters. The number of aliphatic carboxylic acids is 1. The van der Waals surface area contributed by atoms with Gasteiger partial charge in [-0.1, -0.05) is 23.2 Å². The van der Waals surface area contributed by atoms with Gasteiger partial charge < -0.3 is 20.1 Å². The molecule has 0 aliphatic rings. The summed E-state index contributed by atoms with van der Waals surface area (Å²) < 4.78 is 20.2. The van der Waals surface area contributed by atoms with E-state index in [4.69, 9.17) is 33.0 Å². The van der Waals surface area contributed by atoms with E-state index in [1.54, 1.807) is 11.9 Å². The van der Waals surface area contributed by atoms with Crippen LogP contribution in [0.3, 0.4) is 0 Å². The number of aromatic nitrogens is 2. The minimum Gasteiger partial charge on any atom is -0.481 e. The smallest absolute Gasteiger partial charge is 0.305 e. The van der Waals surface area contributed by atoms with E-state index in [-0.39, 0.29) is 46.5 Å². The zero-order chi connectivity index (χ0) is 20.1. The van der Waals surface area contributed by atoms with Gasteiger partial charge in [0.25, 0.3) is 5.88 Å². The Kier molecular flexibility index (Phi) is 7.04. The summed E-state index contributed by atoms with van der Waals surface area (Å²) in [5.41, 5.74) is 0.516. The van der Waals surface area contributed by atoms with Crippen molar-refractivity contribution in [2.24, 2.45) is 0 Å². The number of rotatable bonds is 8. The van der Waals surface area contributed by atoms with E-state index >= 15 is 0 Å². The number of hydrogen-bond acceptors (Lipinski definition) is 6. The molecule has 0 spiro atoms. The Morgan fingerprint density at radius 1 is 1.33 bits per heavy atom. The van der Waals surface area contributed by atoms with Crippen LogP contribution < -0.4 is 15.0 Å². The van der Waals surface area contributed by atoms with Crippen LogP contribution in [0.25, 0.3) is 0 Å². The van der Waals surface area contributed by atoms with Crippen LogP contribution in [0, 0.1) is 5.82 Å². The van der Waals surface area contributed by atoms with E-state index in [1.807, 2.05) is 13.8 Å². The molecule has 0 aliphatic carbocycles. The Morgan fingerprint density at radius 3 is 2.52 bits per heavy atom. The molecule has 2 N–H and O–H groups in total. The summed E-state index contributed by atoms with van der Waals surface area (Å²) in [6.07, 6.45) is 1.13. The molecule has 0 saturated heterocycles. The number of nitrogens with zero attached hydrogens (tertiary/aromatic N) is 3. The minimum absolute atomic E-state index is 0.0191. The lowest BCUT2D eigenvalue weighted by atomic mass is 10.3. The lowest BCUT2D eigenvalue weighted by molar-refractivity contribution is -0.136. The van der Waals surface area contributed by atoms with Crippen molar-refractivity contribution in [3.63, 3.8) is 0 Å². The number of halogens is 3. The summed E-state index contributed by atoms with van der Waals surface area (Å²) >= 11 is 12.4. The van der Waals surface area contributed by atoms with Gasteiger partial charge in [-0.05, 0) is 26.0 Å². The molecule has 1 aromatic heterocycles. The van der Waals surface area contributed by atoms with E-state index in [1.165, 1.54) is 18.5 Å². The first-order valence-electron chi connectivity index (χ1n) is 8.06. The van der Waals surface area contributed by atoms with Gasteiger partial charge >= 0.3 is 5.97 Å².